The molecular formula is C25H39N3O2. The van der Waals surface area contributed by atoms with Gasteiger partial charge in [-0.15, -0.1) is 0 Å². The minimum atomic E-state index is -0.0247. The molecular weight excluding hydrogens is 374 g/mol. The molecule has 1 saturated carbocycles. The van der Waals surface area contributed by atoms with Crippen molar-refractivity contribution < 1.29 is 9.59 Å². The lowest BCUT2D eigenvalue weighted by Crippen LogP contribution is -2.35. The van der Waals surface area contributed by atoms with Crippen LogP contribution in [0.25, 0.3) is 0 Å². The fourth-order valence-corrected chi connectivity index (χ4v) is 4.46. The normalized spacial score (nSPS) is 18.8. The molecule has 0 spiro atoms. The third-order valence-corrected chi connectivity index (χ3v) is 6.06. The van der Waals surface area contributed by atoms with E-state index < -0.39 is 0 Å². The number of benzene rings is 1. The molecule has 2 fully saturated rings. The van der Waals surface area contributed by atoms with Crippen LogP contribution in [-0.2, 0) is 4.79 Å². The summed E-state index contributed by atoms with van der Waals surface area (Å²) in [4.78, 5) is 27.8. The first-order valence-corrected chi connectivity index (χ1v) is 11.6. The number of nitrogens with one attached hydrogen (secondary N) is 2. The number of amides is 2. The third kappa shape index (κ3) is 6.75. The number of rotatable bonds is 7. The van der Waals surface area contributed by atoms with E-state index in [1.807, 2.05) is 18.2 Å². The fourth-order valence-electron chi connectivity index (χ4n) is 4.46. The van der Waals surface area contributed by atoms with Gasteiger partial charge in [-0.3, -0.25) is 9.59 Å². The highest BCUT2D eigenvalue weighted by Crippen LogP contribution is 2.30. The zero-order valence-corrected chi connectivity index (χ0v) is 19.4. The first kappa shape index (κ1) is 22.6. The third-order valence-electron chi connectivity index (χ3n) is 6.06. The van der Waals surface area contributed by atoms with Crippen LogP contribution in [0.1, 0.15) is 83.5 Å². The van der Waals surface area contributed by atoms with Crippen molar-refractivity contribution in [2.45, 2.75) is 79.2 Å². The number of hydrogen-bond acceptors (Lipinski definition) is 3. The first-order chi connectivity index (χ1) is 14.1. The number of piperidine rings is 1. The van der Waals surface area contributed by atoms with Gasteiger partial charge in [0.1, 0.15) is 0 Å². The van der Waals surface area contributed by atoms with Crippen LogP contribution in [0.4, 0.5) is 11.4 Å². The molecule has 1 heterocycles. The van der Waals surface area contributed by atoms with Crippen LogP contribution in [0.15, 0.2) is 18.2 Å². The lowest BCUT2D eigenvalue weighted by atomic mass is 9.84. The van der Waals surface area contributed by atoms with Crippen molar-refractivity contribution in [1.29, 1.82) is 0 Å². The second-order valence-electron chi connectivity index (χ2n) is 10.8. The predicted octanol–water partition coefficient (Wildman–Crippen LogP) is 5.22. The second-order valence-corrected chi connectivity index (χ2v) is 10.8. The average Bonchev–Trinajstić information content (AvgIpc) is 3.44. The van der Waals surface area contributed by atoms with Gasteiger partial charge in [0, 0.05) is 36.9 Å². The van der Waals surface area contributed by atoms with Gasteiger partial charge in [-0.1, -0.05) is 34.6 Å². The highest BCUT2D eigenvalue weighted by molar-refractivity contribution is 6.02. The zero-order valence-electron chi connectivity index (χ0n) is 19.4. The first-order valence-electron chi connectivity index (χ1n) is 11.6. The van der Waals surface area contributed by atoms with E-state index in [1.165, 1.54) is 0 Å². The van der Waals surface area contributed by atoms with Crippen molar-refractivity contribution in [2.75, 3.05) is 23.3 Å². The summed E-state index contributed by atoms with van der Waals surface area (Å²) >= 11 is 0. The lowest BCUT2D eigenvalue weighted by molar-refractivity contribution is -0.117. The fraction of sp³-hybridized carbons (Fsp3) is 0.680. The Morgan fingerprint density at radius 1 is 1.13 bits per heavy atom. The predicted molar refractivity (Wildman–Crippen MR) is 124 cm³/mol. The van der Waals surface area contributed by atoms with Gasteiger partial charge in [-0.05, 0) is 67.6 Å². The molecule has 0 bridgehead atoms. The van der Waals surface area contributed by atoms with E-state index >= 15 is 0 Å². The molecule has 0 unspecified atom stereocenters. The molecule has 1 aromatic rings. The van der Waals surface area contributed by atoms with Gasteiger partial charge >= 0.3 is 0 Å². The lowest BCUT2D eigenvalue weighted by Gasteiger charge is -2.33. The standard InChI is InChI=1S/C25H39N3O2/c1-17-10-12-28(13-11-17)22-9-8-20(15-21(22)24(30)27-19-6-7-19)26-23(29)14-18(2)16-25(3,4)5/h8-9,15,17-19H,6-7,10-14,16H2,1-5H3,(H,26,29)(H,27,30)/t18-/m1/s1. The molecule has 2 aliphatic rings. The van der Waals surface area contributed by atoms with Gasteiger partial charge in [-0.25, -0.2) is 0 Å². The molecule has 2 amide bonds. The van der Waals surface area contributed by atoms with E-state index in [9.17, 15) is 9.59 Å². The summed E-state index contributed by atoms with van der Waals surface area (Å²) in [6.45, 7) is 13.0. The van der Waals surface area contributed by atoms with Crippen LogP contribution in [0.5, 0.6) is 0 Å². The topological polar surface area (TPSA) is 61.4 Å². The molecule has 5 nitrogen and oxygen atoms in total. The Morgan fingerprint density at radius 2 is 1.80 bits per heavy atom. The molecule has 30 heavy (non-hydrogen) atoms. The Labute approximate surface area is 182 Å². The second kappa shape index (κ2) is 9.40. The molecule has 1 saturated heterocycles. The molecule has 0 aromatic heterocycles. The molecule has 1 aromatic carbocycles. The van der Waals surface area contributed by atoms with Crippen LogP contribution in [-0.4, -0.2) is 30.9 Å². The summed E-state index contributed by atoms with van der Waals surface area (Å²) in [6, 6.07) is 6.11. The highest BCUT2D eigenvalue weighted by Gasteiger charge is 2.27. The summed E-state index contributed by atoms with van der Waals surface area (Å²) < 4.78 is 0. The van der Waals surface area contributed by atoms with Crippen molar-refractivity contribution in [1.82, 2.24) is 5.32 Å². The van der Waals surface area contributed by atoms with Gasteiger partial charge < -0.3 is 15.5 Å². The smallest absolute Gasteiger partial charge is 0.253 e. The van der Waals surface area contributed by atoms with Crippen LogP contribution >= 0.6 is 0 Å². The largest absolute Gasteiger partial charge is 0.371 e. The molecule has 1 aliphatic heterocycles. The molecule has 0 radical (unpaired) electrons. The van der Waals surface area contributed by atoms with E-state index in [0.29, 0.717) is 29.6 Å². The molecule has 5 heteroatoms. The molecule has 3 rings (SSSR count). The van der Waals surface area contributed by atoms with E-state index in [-0.39, 0.29) is 17.2 Å². The molecule has 166 valence electrons. The highest BCUT2D eigenvalue weighted by atomic mass is 16.2. The number of carbonyl (C=O) groups is 2. The Kier molecular flexibility index (Phi) is 7.10. The Balaban J connectivity index is 1.72. The summed E-state index contributed by atoms with van der Waals surface area (Å²) in [5.41, 5.74) is 2.58. The van der Waals surface area contributed by atoms with Crippen molar-refractivity contribution >= 4 is 23.2 Å². The van der Waals surface area contributed by atoms with E-state index in [2.05, 4.69) is 50.2 Å². The van der Waals surface area contributed by atoms with Crippen LogP contribution in [0.3, 0.4) is 0 Å². The summed E-state index contributed by atoms with van der Waals surface area (Å²) in [5, 5.41) is 6.14. The van der Waals surface area contributed by atoms with Crippen molar-refractivity contribution in [2.24, 2.45) is 17.3 Å². The Hall–Kier alpha value is -2.04. The van der Waals surface area contributed by atoms with Crippen LogP contribution in [0.2, 0.25) is 0 Å². The number of carbonyl (C=O) groups excluding carboxylic acids is 2. The van der Waals surface area contributed by atoms with E-state index in [0.717, 1.165) is 56.8 Å². The maximum Gasteiger partial charge on any atom is 0.253 e. The zero-order chi connectivity index (χ0) is 21.9. The average molecular weight is 414 g/mol. The molecule has 1 aliphatic carbocycles. The number of hydrogen-bond donors (Lipinski definition) is 2. The SMILES string of the molecule is CC1CCN(c2ccc(NC(=O)C[C@@H](C)CC(C)(C)C)cc2C(=O)NC2CC2)CC1. The Bertz CT molecular complexity index is 756. The molecule has 2 N–H and O–H groups in total. The number of anilines is 2. The summed E-state index contributed by atoms with van der Waals surface area (Å²) in [7, 11) is 0. The van der Waals surface area contributed by atoms with Crippen LogP contribution < -0.4 is 15.5 Å². The monoisotopic (exact) mass is 413 g/mol. The maximum absolute atomic E-state index is 12.9. The minimum Gasteiger partial charge on any atom is -0.371 e. The van der Waals surface area contributed by atoms with Gasteiger partial charge in [-0.2, -0.15) is 0 Å². The molecule has 1 atom stereocenters. The van der Waals surface area contributed by atoms with Gasteiger partial charge in [0.15, 0.2) is 0 Å². The van der Waals surface area contributed by atoms with Gasteiger partial charge in [0.05, 0.1) is 5.56 Å². The van der Waals surface area contributed by atoms with Gasteiger partial charge in [0.2, 0.25) is 5.91 Å². The van der Waals surface area contributed by atoms with Crippen molar-refractivity contribution in [3.05, 3.63) is 23.8 Å². The number of nitrogens with zero attached hydrogens (tertiary/aromatic N) is 1. The van der Waals surface area contributed by atoms with Crippen LogP contribution in [0, 0.1) is 17.3 Å². The minimum absolute atomic E-state index is 0.0137. The summed E-state index contributed by atoms with van der Waals surface area (Å²) in [5.74, 6) is 1.04. The van der Waals surface area contributed by atoms with Gasteiger partial charge in [0.25, 0.3) is 5.91 Å². The maximum atomic E-state index is 12.9. The summed E-state index contributed by atoms with van der Waals surface area (Å²) in [6.07, 6.45) is 5.91. The quantitative estimate of drug-likeness (QED) is 0.644. The van der Waals surface area contributed by atoms with Crippen molar-refractivity contribution in [3.63, 3.8) is 0 Å². The van der Waals surface area contributed by atoms with E-state index in [4.69, 9.17) is 0 Å². The van der Waals surface area contributed by atoms with E-state index in [1.54, 1.807) is 0 Å². The Morgan fingerprint density at radius 3 is 2.40 bits per heavy atom. The van der Waals surface area contributed by atoms with Crippen molar-refractivity contribution in [3.8, 4) is 0 Å².